The fourth-order valence-corrected chi connectivity index (χ4v) is 12.3. The van der Waals surface area contributed by atoms with Gasteiger partial charge in [0.15, 0.2) is 11.2 Å². The van der Waals surface area contributed by atoms with Gasteiger partial charge in [-0.05, 0) is 144 Å². The van der Waals surface area contributed by atoms with Crippen molar-refractivity contribution in [3.63, 3.8) is 0 Å². The zero-order valence-corrected chi connectivity index (χ0v) is 40.8. The van der Waals surface area contributed by atoms with E-state index >= 15 is 0 Å². The molecule has 74 heavy (non-hydrogen) atoms. The largest absolute Gasteiger partial charge is 0.454 e. The second kappa shape index (κ2) is 16.2. The van der Waals surface area contributed by atoms with Gasteiger partial charge >= 0.3 is 0 Å². The average Bonchev–Trinajstić information content (AvgIpc) is 4.25. The van der Waals surface area contributed by atoms with Gasteiger partial charge in [0.1, 0.15) is 11.2 Å². The highest BCUT2D eigenvalue weighted by molar-refractivity contribution is 6.12. The summed E-state index contributed by atoms with van der Waals surface area (Å²) in [7, 11) is 0. The molecule has 0 saturated carbocycles. The first-order valence-electron chi connectivity index (χ1n) is 25.4. The fourth-order valence-electron chi connectivity index (χ4n) is 12.3. The summed E-state index contributed by atoms with van der Waals surface area (Å²) in [6, 6.07) is 90.6. The SMILES string of the molecule is Cc1ccc(N(c2ccc3c(c2)C2(c4cc(N(c5ccc(C)cc5)c5cccc6c5oc5ccccc56)ccc4-3)c3ccccc3N(c3ccccc3)c3ccccc32)c2cccc3c2oc2ccccc23)cc1. The second-order valence-electron chi connectivity index (χ2n) is 19.8. The van der Waals surface area contributed by atoms with Gasteiger partial charge in [0, 0.05) is 50.0 Å². The van der Waals surface area contributed by atoms with Crippen LogP contribution in [0.25, 0.3) is 55.0 Å². The molecule has 0 atom stereocenters. The van der Waals surface area contributed by atoms with E-state index in [1.165, 1.54) is 44.5 Å². The van der Waals surface area contributed by atoms with Crippen LogP contribution in [-0.2, 0) is 5.41 Å². The molecular weight excluding hydrogens is 903 g/mol. The van der Waals surface area contributed by atoms with Crippen molar-refractivity contribution in [1.82, 2.24) is 0 Å². The van der Waals surface area contributed by atoms with E-state index in [0.717, 1.165) is 95.1 Å². The van der Waals surface area contributed by atoms with Crippen molar-refractivity contribution >= 4 is 95.1 Å². The smallest absolute Gasteiger partial charge is 0.159 e. The van der Waals surface area contributed by atoms with Gasteiger partial charge < -0.3 is 23.5 Å². The van der Waals surface area contributed by atoms with Gasteiger partial charge in [-0.1, -0.05) is 163 Å². The molecule has 15 rings (SSSR count). The lowest BCUT2D eigenvalue weighted by Crippen LogP contribution is -2.36. The monoisotopic (exact) mass is 949 g/mol. The summed E-state index contributed by atoms with van der Waals surface area (Å²) in [6.45, 7) is 4.29. The van der Waals surface area contributed by atoms with E-state index in [0.29, 0.717) is 0 Å². The van der Waals surface area contributed by atoms with Crippen molar-refractivity contribution in [2.75, 3.05) is 14.7 Å². The van der Waals surface area contributed by atoms with Crippen molar-refractivity contribution in [2.45, 2.75) is 19.3 Å². The quantitative estimate of drug-likeness (QED) is 0.159. The van der Waals surface area contributed by atoms with E-state index < -0.39 is 5.41 Å². The number of aryl methyl sites for hydroxylation is 2. The van der Waals surface area contributed by atoms with Gasteiger partial charge in [0.2, 0.25) is 0 Å². The molecule has 0 unspecified atom stereocenters. The van der Waals surface area contributed by atoms with Crippen LogP contribution in [-0.4, -0.2) is 0 Å². The summed E-state index contributed by atoms with van der Waals surface area (Å²) in [5.41, 5.74) is 21.8. The van der Waals surface area contributed by atoms with Crippen molar-refractivity contribution in [3.05, 3.63) is 282 Å². The molecule has 3 heterocycles. The van der Waals surface area contributed by atoms with Crippen LogP contribution in [0.15, 0.2) is 258 Å². The van der Waals surface area contributed by atoms with Crippen molar-refractivity contribution in [2.24, 2.45) is 0 Å². The van der Waals surface area contributed by atoms with E-state index in [4.69, 9.17) is 8.83 Å². The normalized spacial score (nSPS) is 13.1. The minimum atomic E-state index is -0.774. The average molecular weight is 950 g/mol. The van der Waals surface area contributed by atoms with Gasteiger partial charge in [0.25, 0.3) is 0 Å². The number of para-hydroxylation sites is 7. The molecule has 5 nitrogen and oxygen atoms in total. The van der Waals surface area contributed by atoms with Crippen LogP contribution in [0.5, 0.6) is 0 Å². The Morgan fingerprint density at radius 1 is 0.338 bits per heavy atom. The summed E-state index contributed by atoms with van der Waals surface area (Å²) >= 11 is 0. The molecule has 0 N–H and O–H groups in total. The maximum absolute atomic E-state index is 6.83. The molecule has 11 aromatic carbocycles. The number of benzene rings is 11. The molecular formula is C69H47N3O2. The molecule has 2 aromatic heterocycles. The molecule has 0 radical (unpaired) electrons. The predicted molar refractivity (Wildman–Crippen MR) is 305 cm³/mol. The van der Waals surface area contributed by atoms with Gasteiger partial charge in [-0.15, -0.1) is 0 Å². The number of nitrogens with zero attached hydrogens (tertiary/aromatic N) is 3. The number of furan rings is 2. The lowest BCUT2D eigenvalue weighted by Gasteiger charge is -2.45. The topological polar surface area (TPSA) is 36.0 Å². The van der Waals surface area contributed by atoms with Crippen molar-refractivity contribution in [1.29, 1.82) is 0 Å². The Morgan fingerprint density at radius 3 is 1.23 bits per heavy atom. The van der Waals surface area contributed by atoms with Crippen LogP contribution >= 0.6 is 0 Å². The third kappa shape index (κ3) is 6.10. The highest BCUT2D eigenvalue weighted by atomic mass is 16.3. The Kier molecular flexibility index (Phi) is 9.24. The first-order chi connectivity index (χ1) is 36.5. The number of anilines is 9. The molecule has 2 aliphatic rings. The molecule has 0 amide bonds. The highest BCUT2D eigenvalue weighted by Gasteiger charge is 2.52. The second-order valence-corrected chi connectivity index (χ2v) is 19.8. The van der Waals surface area contributed by atoms with Crippen LogP contribution in [0.4, 0.5) is 51.2 Å². The molecule has 5 heteroatoms. The van der Waals surface area contributed by atoms with Crippen LogP contribution in [0.2, 0.25) is 0 Å². The molecule has 1 aliphatic carbocycles. The third-order valence-electron chi connectivity index (χ3n) is 15.6. The Morgan fingerprint density at radius 2 is 0.743 bits per heavy atom. The third-order valence-corrected chi connectivity index (χ3v) is 15.6. The highest BCUT2D eigenvalue weighted by Crippen LogP contribution is 2.65. The lowest BCUT2D eigenvalue weighted by atomic mass is 9.64. The van der Waals surface area contributed by atoms with Crippen LogP contribution < -0.4 is 14.7 Å². The van der Waals surface area contributed by atoms with Gasteiger partial charge in [0.05, 0.1) is 28.2 Å². The summed E-state index contributed by atoms with van der Waals surface area (Å²) in [4.78, 5) is 7.22. The molecule has 1 spiro atoms. The summed E-state index contributed by atoms with van der Waals surface area (Å²) in [6.07, 6.45) is 0. The molecule has 0 bridgehead atoms. The number of fused-ring (bicyclic) bond motifs is 15. The summed E-state index contributed by atoms with van der Waals surface area (Å²) in [5.74, 6) is 0. The number of hydrogen-bond donors (Lipinski definition) is 0. The van der Waals surface area contributed by atoms with E-state index in [1.54, 1.807) is 0 Å². The maximum atomic E-state index is 6.83. The molecule has 350 valence electrons. The number of rotatable bonds is 7. The zero-order chi connectivity index (χ0) is 49.1. The van der Waals surface area contributed by atoms with Crippen molar-refractivity contribution < 1.29 is 8.83 Å². The van der Waals surface area contributed by atoms with Crippen LogP contribution in [0.3, 0.4) is 0 Å². The Bertz CT molecular complexity index is 4100. The first kappa shape index (κ1) is 42.1. The number of hydrogen-bond acceptors (Lipinski definition) is 5. The Labute approximate surface area is 429 Å². The molecule has 0 saturated heterocycles. The summed E-state index contributed by atoms with van der Waals surface area (Å²) in [5, 5.41) is 4.37. The standard InChI is InChI=1S/C69H47N3O2/c1-44-30-34-47(35-31-44)70(63-26-14-20-55-53-18-6-12-28-65(53)73-67(55)63)49-38-40-51-52-41-39-50(71(48-36-32-45(2)33-37-48)64-27-15-21-56-54-19-7-13-29-66(54)74-68(56)64)43-60(52)69(59(51)42-49)57-22-8-10-24-61(57)72(46-16-4-3-5-17-46)62-25-11-9-23-58(62)69/h3-43H,1-2H3. The van der Waals surface area contributed by atoms with E-state index in [2.05, 4.69) is 265 Å². The summed E-state index contributed by atoms with van der Waals surface area (Å²) < 4.78 is 13.7. The van der Waals surface area contributed by atoms with E-state index in [-0.39, 0.29) is 0 Å². The van der Waals surface area contributed by atoms with Crippen molar-refractivity contribution in [3.8, 4) is 11.1 Å². The lowest BCUT2D eigenvalue weighted by molar-refractivity contribution is 0.668. The van der Waals surface area contributed by atoms with Gasteiger partial charge in [-0.3, -0.25) is 0 Å². The van der Waals surface area contributed by atoms with Gasteiger partial charge in [-0.25, -0.2) is 0 Å². The van der Waals surface area contributed by atoms with Crippen LogP contribution in [0.1, 0.15) is 33.4 Å². The molecule has 0 fully saturated rings. The predicted octanol–water partition coefficient (Wildman–Crippen LogP) is 19.2. The minimum Gasteiger partial charge on any atom is -0.454 e. The Hall–Kier alpha value is -9.58. The zero-order valence-electron chi connectivity index (χ0n) is 40.8. The molecule has 13 aromatic rings. The van der Waals surface area contributed by atoms with Gasteiger partial charge in [-0.2, -0.15) is 0 Å². The first-order valence-corrected chi connectivity index (χ1v) is 25.4. The Balaban J connectivity index is 1.03. The van der Waals surface area contributed by atoms with Crippen LogP contribution in [0, 0.1) is 13.8 Å². The van der Waals surface area contributed by atoms with E-state index in [9.17, 15) is 0 Å². The maximum Gasteiger partial charge on any atom is 0.159 e. The van der Waals surface area contributed by atoms with E-state index in [1.807, 2.05) is 12.1 Å². The minimum absolute atomic E-state index is 0.774. The molecule has 1 aliphatic heterocycles. The fraction of sp³-hybridized carbons (Fsp3) is 0.0435.